The Kier molecular flexibility index (Phi) is 6.26. The summed E-state index contributed by atoms with van der Waals surface area (Å²) >= 11 is 1.58. The summed E-state index contributed by atoms with van der Waals surface area (Å²) in [4.78, 5) is 33.3. The van der Waals surface area contributed by atoms with Crippen LogP contribution in [0.25, 0.3) is 21.4 Å². The Morgan fingerprint density at radius 1 is 1.26 bits per heavy atom. The van der Waals surface area contributed by atoms with Gasteiger partial charge < -0.3 is 20.4 Å². The van der Waals surface area contributed by atoms with Gasteiger partial charge in [0.25, 0.3) is 0 Å². The molecular weight excluding hydrogens is 414 g/mol. The Balaban J connectivity index is 1.60. The largest absolute Gasteiger partial charge is 0.466 e. The van der Waals surface area contributed by atoms with Gasteiger partial charge in [0.1, 0.15) is 11.3 Å². The van der Waals surface area contributed by atoms with Crippen LogP contribution in [-0.4, -0.2) is 43.5 Å². The van der Waals surface area contributed by atoms with E-state index >= 15 is 0 Å². The Morgan fingerprint density at radius 3 is 2.94 bits per heavy atom. The fourth-order valence-electron chi connectivity index (χ4n) is 3.14. The smallest absolute Gasteiger partial charge is 0.307 e. The maximum Gasteiger partial charge on any atom is 0.307 e. The lowest BCUT2D eigenvalue weighted by Gasteiger charge is -2.15. The Morgan fingerprint density at radius 2 is 2.13 bits per heavy atom. The van der Waals surface area contributed by atoms with Crippen molar-refractivity contribution >= 4 is 56.1 Å². The van der Waals surface area contributed by atoms with Gasteiger partial charge in [-0.25, -0.2) is 9.97 Å². The molecule has 3 heterocycles. The number of carbonyl (C=O) groups is 1. The number of H-pyrrole nitrogens is 1. The number of aromatic nitrogens is 5. The zero-order valence-corrected chi connectivity index (χ0v) is 18.5. The van der Waals surface area contributed by atoms with Crippen LogP contribution in [-0.2, 0) is 16.0 Å². The highest BCUT2D eigenvalue weighted by molar-refractivity contribution is 7.16. The van der Waals surface area contributed by atoms with Crippen LogP contribution in [0.15, 0.2) is 23.7 Å². The molecule has 0 amide bonds. The van der Waals surface area contributed by atoms with Crippen LogP contribution in [0.3, 0.4) is 0 Å². The number of ether oxygens (including phenoxy) is 1. The van der Waals surface area contributed by atoms with Crippen LogP contribution in [0.4, 0.5) is 17.5 Å². The second kappa shape index (κ2) is 9.25. The monoisotopic (exact) mass is 439 g/mol. The van der Waals surface area contributed by atoms with E-state index in [-0.39, 0.29) is 18.4 Å². The number of hydrogen-bond acceptors (Lipinski definition) is 9. The number of aryl methyl sites for hydroxylation is 1. The second-order valence-electron chi connectivity index (χ2n) is 7.26. The van der Waals surface area contributed by atoms with Gasteiger partial charge in [0, 0.05) is 18.2 Å². The molecule has 0 bridgehead atoms. The second-order valence-corrected chi connectivity index (χ2v) is 8.15. The highest BCUT2D eigenvalue weighted by atomic mass is 32.1. The summed E-state index contributed by atoms with van der Waals surface area (Å²) in [5.74, 6) is 1.61. The molecule has 9 nitrogen and oxygen atoms in total. The van der Waals surface area contributed by atoms with Gasteiger partial charge in [-0.15, -0.1) is 11.3 Å². The van der Waals surface area contributed by atoms with E-state index in [0.29, 0.717) is 29.5 Å². The Bertz CT molecular complexity index is 1200. The number of thiazole rings is 1. The van der Waals surface area contributed by atoms with E-state index in [1.165, 1.54) is 0 Å². The zero-order valence-electron chi connectivity index (χ0n) is 17.7. The SMILES string of the molecule is CCCOC(=O)CC(C)Nc1nc(Nc2ccc3ncsc3c2)nc2nc(CC)[nH]c12. The summed E-state index contributed by atoms with van der Waals surface area (Å²) in [6.07, 6.45) is 1.79. The Hall–Kier alpha value is -3.27. The predicted octanol–water partition coefficient (Wildman–Crippen LogP) is 4.41. The van der Waals surface area contributed by atoms with Gasteiger partial charge in [-0.2, -0.15) is 9.97 Å². The molecule has 0 saturated heterocycles. The summed E-state index contributed by atoms with van der Waals surface area (Å²) in [6, 6.07) is 5.75. The molecule has 31 heavy (non-hydrogen) atoms. The number of carbonyl (C=O) groups excluding carboxylic acids is 1. The summed E-state index contributed by atoms with van der Waals surface area (Å²) in [6.45, 7) is 6.34. The first-order chi connectivity index (χ1) is 15.1. The molecular formula is C21H25N7O2S. The van der Waals surface area contributed by atoms with Crippen molar-refractivity contribution in [3.8, 4) is 0 Å². The van der Waals surface area contributed by atoms with E-state index < -0.39 is 0 Å². The van der Waals surface area contributed by atoms with Gasteiger partial charge >= 0.3 is 5.97 Å². The van der Waals surface area contributed by atoms with Gasteiger partial charge in [0.15, 0.2) is 11.5 Å². The van der Waals surface area contributed by atoms with E-state index in [1.54, 1.807) is 11.3 Å². The van der Waals surface area contributed by atoms with Crippen LogP contribution in [0.2, 0.25) is 0 Å². The molecule has 3 aromatic heterocycles. The van der Waals surface area contributed by atoms with E-state index in [4.69, 9.17) is 4.74 Å². The minimum atomic E-state index is -0.234. The van der Waals surface area contributed by atoms with Gasteiger partial charge in [-0.3, -0.25) is 4.79 Å². The molecule has 0 radical (unpaired) electrons. The average molecular weight is 440 g/mol. The molecule has 4 aromatic rings. The molecule has 1 unspecified atom stereocenters. The molecule has 3 N–H and O–H groups in total. The quantitative estimate of drug-likeness (QED) is 0.328. The number of aromatic amines is 1. The number of benzene rings is 1. The van der Waals surface area contributed by atoms with Crippen LogP contribution in [0.1, 0.15) is 39.4 Å². The number of imidazole rings is 1. The van der Waals surface area contributed by atoms with Crippen molar-refractivity contribution in [3.05, 3.63) is 29.5 Å². The molecule has 4 rings (SSSR count). The highest BCUT2D eigenvalue weighted by Gasteiger charge is 2.17. The third-order valence-electron chi connectivity index (χ3n) is 4.65. The van der Waals surface area contributed by atoms with Crippen molar-refractivity contribution in [1.82, 2.24) is 24.9 Å². The van der Waals surface area contributed by atoms with Gasteiger partial charge in [0.05, 0.1) is 28.8 Å². The van der Waals surface area contributed by atoms with E-state index in [2.05, 4.69) is 35.6 Å². The first-order valence-corrected chi connectivity index (χ1v) is 11.2. The predicted molar refractivity (Wildman–Crippen MR) is 123 cm³/mol. The fraction of sp³-hybridized carbons (Fsp3) is 0.381. The number of fused-ring (bicyclic) bond motifs is 2. The van der Waals surface area contributed by atoms with Gasteiger partial charge in [-0.1, -0.05) is 13.8 Å². The molecule has 10 heteroatoms. The van der Waals surface area contributed by atoms with Crippen molar-refractivity contribution < 1.29 is 9.53 Å². The standard InChI is InChI=1S/C21H25N7O2S/c1-4-8-30-17(29)9-12(3)23-19-18-20(26-16(5-2)25-18)28-21(27-19)24-13-6-7-14-15(10-13)31-11-22-14/h6-7,10-12H,4-5,8-9H2,1-3H3,(H3,23,24,25,26,27,28). The number of nitrogens with one attached hydrogen (secondary N) is 3. The lowest BCUT2D eigenvalue weighted by Crippen LogP contribution is -2.22. The minimum absolute atomic E-state index is 0.169. The molecule has 0 aliphatic carbocycles. The average Bonchev–Trinajstić information content (AvgIpc) is 3.38. The maximum absolute atomic E-state index is 12.0. The molecule has 0 fully saturated rings. The number of nitrogens with zero attached hydrogens (tertiary/aromatic N) is 4. The fourth-order valence-corrected chi connectivity index (χ4v) is 3.86. The van der Waals surface area contributed by atoms with E-state index in [0.717, 1.165) is 34.6 Å². The highest BCUT2D eigenvalue weighted by Crippen LogP contribution is 2.26. The van der Waals surface area contributed by atoms with Crippen LogP contribution in [0.5, 0.6) is 0 Å². The van der Waals surface area contributed by atoms with Crippen LogP contribution >= 0.6 is 11.3 Å². The maximum atomic E-state index is 12.0. The lowest BCUT2D eigenvalue weighted by atomic mass is 10.2. The normalized spacial score (nSPS) is 12.2. The van der Waals surface area contributed by atoms with Crippen molar-refractivity contribution in [1.29, 1.82) is 0 Å². The van der Waals surface area contributed by atoms with Gasteiger partial charge in [-0.05, 0) is 31.5 Å². The van der Waals surface area contributed by atoms with Crippen molar-refractivity contribution in [3.63, 3.8) is 0 Å². The first kappa shape index (κ1) is 21.0. The molecule has 162 valence electrons. The van der Waals surface area contributed by atoms with Crippen LogP contribution < -0.4 is 10.6 Å². The molecule has 0 saturated carbocycles. The molecule has 0 aliphatic rings. The molecule has 1 atom stereocenters. The summed E-state index contributed by atoms with van der Waals surface area (Å²) in [5, 5.41) is 6.57. The number of rotatable bonds is 9. The third-order valence-corrected chi connectivity index (χ3v) is 5.44. The molecule has 0 spiro atoms. The zero-order chi connectivity index (χ0) is 21.8. The Labute approximate surface area is 183 Å². The topological polar surface area (TPSA) is 118 Å². The number of esters is 1. The van der Waals surface area contributed by atoms with Gasteiger partial charge in [0.2, 0.25) is 5.95 Å². The summed E-state index contributed by atoms with van der Waals surface area (Å²) < 4.78 is 6.27. The van der Waals surface area contributed by atoms with Crippen molar-refractivity contribution in [2.24, 2.45) is 0 Å². The molecule has 0 aliphatic heterocycles. The summed E-state index contributed by atoms with van der Waals surface area (Å²) in [5.41, 5.74) is 4.93. The van der Waals surface area contributed by atoms with Crippen molar-refractivity contribution in [2.75, 3.05) is 17.2 Å². The number of hydrogen-bond donors (Lipinski definition) is 3. The first-order valence-electron chi connectivity index (χ1n) is 10.3. The van der Waals surface area contributed by atoms with E-state index in [9.17, 15) is 4.79 Å². The summed E-state index contributed by atoms with van der Waals surface area (Å²) in [7, 11) is 0. The third kappa shape index (κ3) is 4.91. The molecule has 1 aromatic carbocycles. The van der Waals surface area contributed by atoms with Crippen LogP contribution in [0, 0.1) is 0 Å². The lowest BCUT2D eigenvalue weighted by molar-refractivity contribution is -0.143. The minimum Gasteiger partial charge on any atom is -0.466 e. The van der Waals surface area contributed by atoms with E-state index in [1.807, 2.05) is 44.5 Å². The number of anilines is 3. The van der Waals surface area contributed by atoms with Crippen molar-refractivity contribution in [2.45, 2.75) is 46.1 Å².